The molecule has 1 atom stereocenters. The fourth-order valence-electron chi connectivity index (χ4n) is 2.30. The van der Waals surface area contributed by atoms with Crippen LogP contribution in [0.25, 0.3) is 0 Å². The van der Waals surface area contributed by atoms with E-state index in [1.54, 1.807) is 18.7 Å². The zero-order valence-electron chi connectivity index (χ0n) is 13.7. The molecule has 0 aliphatic rings. The van der Waals surface area contributed by atoms with Crippen molar-refractivity contribution >= 4 is 17.7 Å². The average Bonchev–Trinajstić information content (AvgIpc) is 2.36. The van der Waals surface area contributed by atoms with Crippen molar-refractivity contribution in [1.82, 2.24) is 5.32 Å². The molecule has 118 valence electrons. The zero-order valence-corrected chi connectivity index (χ0v) is 14.5. The number of rotatable bonds is 7. The highest BCUT2D eigenvalue weighted by Crippen LogP contribution is 2.23. The first-order valence-electron chi connectivity index (χ1n) is 7.39. The Morgan fingerprint density at radius 1 is 1.38 bits per heavy atom. The summed E-state index contributed by atoms with van der Waals surface area (Å²) in [6.07, 6.45) is 0.678. The number of benzene rings is 1. The van der Waals surface area contributed by atoms with E-state index in [0.717, 1.165) is 4.90 Å². The first-order chi connectivity index (χ1) is 9.69. The van der Waals surface area contributed by atoms with E-state index in [9.17, 15) is 9.90 Å². The lowest BCUT2D eigenvalue weighted by atomic mass is 9.94. The maximum absolute atomic E-state index is 11.9. The largest absolute Gasteiger partial charge is 0.388 e. The third-order valence-electron chi connectivity index (χ3n) is 3.22. The predicted octanol–water partition coefficient (Wildman–Crippen LogP) is 3.31. The minimum Gasteiger partial charge on any atom is -0.388 e. The molecule has 0 fully saturated rings. The molecule has 0 spiro atoms. The van der Waals surface area contributed by atoms with Gasteiger partial charge in [-0.15, -0.1) is 11.8 Å². The van der Waals surface area contributed by atoms with Crippen molar-refractivity contribution in [3.8, 4) is 0 Å². The summed E-state index contributed by atoms with van der Waals surface area (Å²) in [6, 6.07) is 6.24. The van der Waals surface area contributed by atoms with Crippen LogP contribution in [0, 0.1) is 19.8 Å². The van der Waals surface area contributed by atoms with Crippen LogP contribution in [0.15, 0.2) is 23.1 Å². The van der Waals surface area contributed by atoms with E-state index >= 15 is 0 Å². The quantitative estimate of drug-likeness (QED) is 0.760. The summed E-state index contributed by atoms with van der Waals surface area (Å²) in [5, 5.41) is 13.0. The van der Waals surface area contributed by atoms with Crippen molar-refractivity contribution in [1.29, 1.82) is 0 Å². The number of aryl methyl sites for hydroxylation is 2. The molecule has 4 heteroatoms. The molecule has 21 heavy (non-hydrogen) atoms. The summed E-state index contributed by atoms with van der Waals surface area (Å²) in [7, 11) is 0. The third-order valence-corrected chi connectivity index (χ3v) is 4.37. The van der Waals surface area contributed by atoms with Crippen LogP contribution in [0.2, 0.25) is 0 Å². The lowest BCUT2D eigenvalue weighted by molar-refractivity contribution is -0.119. The molecule has 0 aliphatic heterocycles. The number of carbonyl (C=O) groups excluding carboxylic acids is 1. The fourth-order valence-corrected chi connectivity index (χ4v) is 3.25. The van der Waals surface area contributed by atoms with Crippen molar-refractivity contribution < 1.29 is 9.90 Å². The number of hydrogen-bond acceptors (Lipinski definition) is 3. The molecule has 3 nitrogen and oxygen atoms in total. The topological polar surface area (TPSA) is 49.3 Å². The van der Waals surface area contributed by atoms with Gasteiger partial charge in [0.15, 0.2) is 0 Å². The van der Waals surface area contributed by atoms with Crippen molar-refractivity contribution in [2.75, 3.05) is 12.3 Å². The fraction of sp³-hybridized carbons (Fsp3) is 0.588. The van der Waals surface area contributed by atoms with Gasteiger partial charge >= 0.3 is 0 Å². The molecule has 0 aliphatic carbocycles. The highest BCUT2D eigenvalue weighted by molar-refractivity contribution is 8.00. The van der Waals surface area contributed by atoms with Crippen LogP contribution in [0.1, 0.15) is 38.3 Å². The average molecular weight is 309 g/mol. The molecule has 0 heterocycles. The smallest absolute Gasteiger partial charge is 0.230 e. The lowest BCUT2D eigenvalue weighted by Gasteiger charge is -2.25. The summed E-state index contributed by atoms with van der Waals surface area (Å²) in [6.45, 7) is 10.3. The Hall–Kier alpha value is -1.00. The van der Waals surface area contributed by atoms with Crippen LogP contribution in [0.4, 0.5) is 0 Å². The van der Waals surface area contributed by atoms with E-state index in [0.29, 0.717) is 24.6 Å². The maximum Gasteiger partial charge on any atom is 0.230 e. The van der Waals surface area contributed by atoms with Crippen LogP contribution in [-0.4, -0.2) is 28.9 Å². The molecule has 1 aromatic rings. The van der Waals surface area contributed by atoms with E-state index in [1.807, 2.05) is 13.8 Å². The zero-order chi connectivity index (χ0) is 16.0. The van der Waals surface area contributed by atoms with Gasteiger partial charge in [0.1, 0.15) is 0 Å². The Labute approximate surface area is 132 Å². The van der Waals surface area contributed by atoms with Crippen molar-refractivity contribution in [2.45, 2.75) is 51.5 Å². The number of hydrogen-bond donors (Lipinski definition) is 2. The van der Waals surface area contributed by atoms with Crippen molar-refractivity contribution in [3.63, 3.8) is 0 Å². The van der Waals surface area contributed by atoms with Crippen LogP contribution < -0.4 is 5.32 Å². The molecule has 0 aromatic heterocycles. The summed E-state index contributed by atoms with van der Waals surface area (Å²) < 4.78 is 0. The van der Waals surface area contributed by atoms with Crippen LogP contribution in [0.5, 0.6) is 0 Å². The standard InChI is InChI=1S/C17H27NO2S/c1-12(2)9-17(5,20)11-18-16(19)10-21-15-8-13(3)6-7-14(15)4/h6-8,12,20H,9-11H2,1-5H3,(H,18,19). The van der Waals surface area contributed by atoms with E-state index in [1.165, 1.54) is 11.1 Å². The Balaban J connectivity index is 2.42. The molecular weight excluding hydrogens is 282 g/mol. The molecule has 1 aromatic carbocycles. The minimum atomic E-state index is -0.840. The van der Waals surface area contributed by atoms with Gasteiger partial charge in [-0.05, 0) is 44.7 Å². The van der Waals surface area contributed by atoms with Gasteiger partial charge in [0, 0.05) is 11.4 Å². The van der Waals surface area contributed by atoms with Gasteiger partial charge in [-0.2, -0.15) is 0 Å². The Bertz CT molecular complexity index is 484. The summed E-state index contributed by atoms with van der Waals surface area (Å²) >= 11 is 1.54. The highest BCUT2D eigenvalue weighted by atomic mass is 32.2. The molecule has 1 rings (SSSR count). The predicted molar refractivity (Wildman–Crippen MR) is 89.7 cm³/mol. The second-order valence-corrected chi connectivity index (χ2v) is 7.45. The van der Waals surface area contributed by atoms with Crippen LogP contribution in [0.3, 0.4) is 0 Å². The second-order valence-electron chi connectivity index (χ2n) is 6.43. The van der Waals surface area contributed by atoms with E-state index in [4.69, 9.17) is 0 Å². The van der Waals surface area contributed by atoms with E-state index in [-0.39, 0.29) is 5.91 Å². The number of thioether (sulfide) groups is 1. The summed E-state index contributed by atoms with van der Waals surface area (Å²) in [4.78, 5) is 13.0. The highest BCUT2D eigenvalue weighted by Gasteiger charge is 2.22. The van der Waals surface area contributed by atoms with E-state index < -0.39 is 5.60 Å². The Kier molecular flexibility index (Phi) is 6.75. The number of amides is 1. The SMILES string of the molecule is Cc1ccc(C)c(SCC(=O)NCC(C)(O)CC(C)C)c1. The summed E-state index contributed by atoms with van der Waals surface area (Å²) in [5.74, 6) is 0.744. The molecular formula is C17H27NO2S. The maximum atomic E-state index is 11.9. The third kappa shape index (κ3) is 7.00. The number of nitrogens with one attached hydrogen (secondary N) is 1. The molecule has 1 amide bonds. The molecule has 0 saturated heterocycles. The van der Waals surface area contributed by atoms with Gasteiger partial charge in [-0.1, -0.05) is 31.5 Å². The number of aliphatic hydroxyl groups is 1. The van der Waals surface area contributed by atoms with Gasteiger partial charge in [0.25, 0.3) is 0 Å². The molecule has 0 bridgehead atoms. The monoisotopic (exact) mass is 309 g/mol. The minimum absolute atomic E-state index is 0.0371. The molecule has 2 N–H and O–H groups in total. The Morgan fingerprint density at radius 3 is 2.67 bits per heavy atom. The molecule has 1 unspecified atom stereocenters. The second kappa shape index (κ2) is 7.85. The van der Waals surface area contributed by atoms with E-state index in [2.05, 4.69) is 37.4 Å². The van der Waals surface area contributed by atoms with Gasteiger partial charge in [0.05, 0.1) is 11.4 Å². The number of carbonyl (C=O) groups is 1. The van der Waals surface area contributed by atoms with Crippen LogP contribution >= 0.6 is 11.8 Å². The van der Waals surface area contributed by atoms with Gasteiger partial charge in [0.2, 0.25) is 5.91 Å². The first-order valence-corrected chi connectivity index (χ1v) is 8.37. The normalized spacial score (nSPS) is 14.0. The lowest BCUT2D eigenvalue weighted by Crippen LogP contribution is -2.42. The van der Waals surface area contributed by atoms with Gasteiger partial charge < -0.3 is 10.4 Å². The Morgan fingerprint density at radius 2 is 2.05 bits per heavy atom. The van der Waals surface area contributed by atoms with Gasteiger partial charge in [-0.25, -0.2) is 0 Å². The van der Waals surface area contributed by atoms with Crippen molar-refractivity contribution in [2.24, 2.45) is 5.92 Å². The molecule has 0 saturated carbocycles. The van der Waals surface area contributed by atoms with Gasteiger partial charge in [-0.3, -0.25) is 4.79 Å². The van der Waals surface area contributed by atoms with Crippen LogP contribution in [-0.2, 0) is 4.79 Å². The summed E-state index contributed by atoms with van der Waals surface area (Å²) in [5.41, 5.74) is 1.54. The molecule has 0 radical (unpaired) electrons. The van der Waals surface area contributed by atoms with Crippen molar-refractivity contribution in [3.05, 3.63) is 29.3 Å². The first kappa shape index (κ1) is 18.1.